The molecule has 1 N–H and O–H groups in total. The maximum Gasteiger partial charge on any atom is 0.257 e. The second-order valence-corrected chi connectivity index (χ2v) is 7.89. The summed E-state index contributed by atoms with van der Waals surface area (Å²) in [5.41, 5.74) is 2.11. The highest BCUT2D eigenvalue weighted by molar-refractivity contribution is 7.17. The van der Waals surface area contributed by atoms with Crippen LogP contribution in [0.4, 0.5) is 9.39 Å². The first-order chi connectivity index (χ1) is 12.9. The van der Waals surface area contributed by atoms with Crippen LogP contribution in [0.2, 0.25) is 0 Å². The van der Waals surface area contributed by atoms with Crippen LogP contribution in [0.15, 0.2) is 24.3 Å². The van der Waals surface area contributed by atoms with Crippen LogP contribution >= 0.6 is 11.3 Å². The lowest BCUT2D eigenvalue weighted by molar-refractivity contribution is -0.131. The number of nitrogens with one attached hydrogen (secondary N) is 1. The number of likely N-dealkylation sites (N-methyl/N-ethyl adjacent to an activating group) is 1. The number of carbonyl (C=O) groups excluding carboxylic acids is 3. The van der Waals surface area contributed by atoms with Crippen molar-refractivity contribution in [1.29, 1.82) is 0 Å². The molecule has 0 unspecified atom stereocenters. The minimum absolute atomic E-state index is 0.0350. The van der Waals surface area contributed by atoms with E-state index in [1.807, 2.05) is 0 Å². The average molecular weight is 387 g/mol. The summed E-state index contributed by atoms with van der Waals surface area (Å²) in [7, 11) is 1.61. The van der Waals surface area contributed by atoms with Crippen molar-refractivity contribution in [2.24, 2.45) is 0 Å². The minimum Gasteiger partial charge on any atom is -0.337 e. The second kappa shape index (κ2) is 6.77. The fourth-order valence-corrected chi connectivity index (χ4v) is 4.78. The smallest absolute Gasteiger partial charge is 0.257 e. The summed E-state index contributed by atoms with van der Waals surface area (Å²) in [5.74, 6) is -0.827. The summed E-state index contributed by atoms with van der Waals surface area (Å²) in [4.78, 5) is 41.2. The highest BCUT2D eigenvalue weighted by Crippen LogP contribution is 2.38. The molecule has 1 aromatic carbocycles. The summed E-state index contributed by atoms with van der Waals surface area (Å²) in [5, 5.41) is 3.37. The Bertz CT molecular complexity index is 956. The number of amides is 3. The van der Waals surface area contributed by atoms with Crippen LogP contribution in [0.1, 0.15) is 26.4 Å². The van der Waals surface area contributed by atoms with Gasteiger partial charge < -0.3 is 15.1 Å². The number of benzene rings is 1. The molecule has 0 saturated heterocycles. The van der Waals surface area contributed by atoms with Gasteiger partial charge in [-0.3, -0.25) is 14.4 Å². The molecule has 0 aliphatic carbocycles. The van der Waals surface area contributed by atoms with E-state index in [-0.39, 0.29) is 36.5 Å². The van der Waals surface area contributed by atoms with E-state index in [9.17, 15) is 18.8 Å². The molecule has 140 valence electrons. The third-order valence-corrected chi connectivity index (χ3v) is 5.98. The molecule has 27 heavy (non-hydrogen) atoms. The average Bonchev–Trinajstić information content (AvgIpc) is 2.92. The summed E-state index contributed by atoms with van der Waals surface area (Å²) < 4.78 is 13.3. The van der Waals surface area contributed by atoms with Crippen LogP contribution in [0.25, 0.3) is 0 Å². The van der Waals surface area contributed by atoms with E-state index in [1.54, 1.807) is 24.1 Å². The molecule has 2 aromatic rings. The molecule has 1 aromatic heterocycles. The van der Waals surface area contributed by atoms with E-state index >= 15 is 0 Å². The van der Waals surface area contributed by atoms with Crippen LogP contribution in [0.3, 0.4) is 0 Å². The zero-order valence-electron chi connectivity index (χ0n) is 14.8. The molecule has 2 aliphatic heterocycles. The monoisotopic (exact) mass is 387 g/mol. The van der Waals surface area contributed by atoms with Crippen LogP contribution in [0, 0.1) is 5.82 Å². The minimum atomic E-state index is -0.360. The Labute approximate surface area is 159 Å². The Balaban J connectivity index is 1.56. The van der Waals surface area contributed by atoms with Crippen molar-refractivity contribution < 1.29 is 18.8 Å². The molecular weight excluding hydrogens is 369 g/mol. The van der Waals surface area contributed by atoms with E-state index in [0.717, 1.165) is 10.4 Å². The predicted molar refractivity (Wildman–Crippen MR) is 99.1 cm³/mol. The molecule has 0 bridgehead atoms. The molecule has 8 heteroatoms. The van der Waals surface area contributed by atoms with Gasteiger partial charge in [0.15, 0.2) is 0 Å². The van der Waals surface area contributed by atoms with Crippen LogP contribution in [0.5, 0.6) is 0 Å². The van der Waals surface area contributed by atoms with Gasteiger partial charge in [-0.2, -0.15) is 0 Å². The standard InChI is InChI=1S/C19H18FN3O3S/c1-22-10-15(24)21-18-17(19(22)26)13-5-6-23(9-14(13)27-18)16(25)8-11-3-2-4-12(20)7-11/h2-4,7H,5-6,8-10H2,1H3,(H,21,24). The first kappa shape index (κ1) is 17.7. The second-order valence-electron chi connectivity index (χ2n) is 6.79. The Hall–Kier alpha value is -2.74. The van der Waals surface area contributed by atoms with E-state index < -0.39 is 0 Å². The molecule has 0 fully saturated rings. The fourth-order valence-electron chi connectivity index (χ4n) is 3.51. The molecule has 0 atom stereocenters. The summed E-state index contributed by atoms with van der Waals surface area (Å²) in [6.07, 6.45) is 0.697. The molecule has 2 aliphatic rings. The number of halogens is 1. The third-order valence-electron chi connectivity index (χ3n) is 4.85. The zero-order valence-corrected chi connectivity index (χ0v) is 15.6. The van der Waals surface area contributed by atoms with Crippen molar-refractivity contribution in [3.8, 4) is 0 Å². The molecular formula is C19H18FN3O3S. The van der Waals surface area contributed by atoms with E-state index in [2.05, 4.69) is 5.32 Å². The highest BCUT2D eigenvalue weighted by Gasteiger charge is 2.33. The van der Waals surface area contributed by atoms with Gasteiger partial charge in [-0.25, -0.2) is 4.39 Å². The molecule has 3 amide bonds. The van der Waals surface area contributed by atoms with Crippen LogP contribution < -0.4 is 5.32 Å². The van der Waals surface area contributed by atoms with Crippen molar-refractivity contribution in [2.45, 2.75) is 19.4 Å². The number of thiophene rings is 1. The predicted octanol–water partition coefficient (Wildman–Crippen LogP) is 2.04. The van der Waals surface area contributed by atoms with Gasteiger partial charge in [0.05, 0.1) is 25.1 Å². The molecule has 0 saturated carbocycles. The van der Waals surface area contributed by atoms with Crippen LogP contribution in [-0.2, 0) is 29.0 Å². The quantitative estimate of drug-likeness (QED) is 0.857. The van der Waals surface area contributed by atoms with Crippen molar-refractivity contribution >= 4 is 34.1 Å². The Morgan fingerprint density at radius 3 is 2.89 bits per heavy atom. The Morgan fingerprint density at radius 2 is 2.11 bits per heavy atom. The van der Waals surface area contributed by atoms with Gasteiger partial charge in [0, 0.05) is 18.5 Å². The van der Waals surface area contributed by atoms with E-state index in [4.69, 9.17) is 0 Å². The van der Waals surface area contributed by atoms with Gasteiger partial charge in [0.2, 0.25) is 11.8 Å². The van der Waals surface area contributed by atoms with E-state index in [1.165, 1.54) is 28.4 Å². The zero-order chi connectivity index (χ0) is 19.1. The number of hydrogen-bond acceptors (Lipinski definition) is 4. The molecule has 6 nitrogen and oxygen atoms in total. The van der Waals surface area contributed by atoms with Gasteiger partial charge in [-0.1, -0.05) is 12.1 Å². The van der Waals surface area contributed by atoms with Gasteiger partial charge in [-0.15, -0.1) is 11.3 Å². The van der Waals surface area contributed by atoms with Crippen molar-refractivity contribution in [1.82, 2.24) is 9.80 Å². The first-order valence-corrected chi connectivity index (χ1v) is 9.46. The SMILES string of the molecule is CN1CC(=O)Nc2sc3c(c2C1=O)CCN(C(=O)Cc1cccc(F)c1)C3. The Kier molecular flexibility index (Phi) is 4.43. The number of nitrogens with zero attached hydrogens (tertiary/aromatic N) is 2. The Morgan fingerprint density at radius 1 is 1.30 bits per heavy atom. The number of carbonyl (C=O) groups is 3. The maximum absolute atomic E-state index is 13.3. The van der Waals surface area contributed by atoms with Crippen molar-refractivity contribution in [3.63, 3.8) is 0 Å². The number of anilines is 1. The van der Waals surface area contributed by atoms with Crippen molar-refractivity contribution in [2.75, 3.05) is 25.5 Å². The maximum atomic E-state index is 13.3. The largest absolute Gasteiger partial charge is 0.337 e. The van der Waals surface area contributed by atoms with Crippen molar-refractivity contribution in [3.05, 3.63) is 51.7 Å². The van der Waals surface area contributed by atoms with Crippen LogP contribution in [-0.4, -0.2) is 47.7 Å². The number of rotatable bonds is 2. The van der Waals surface area contributed by atoms with E-state index in [0.29, 0.717) is 35.6 Å². The lowest BCUT2D eigenvalue weighted by atomic mass is 10.0. The topological polar surface area (TPSA) is 69.7 Å². The summed E-state index contributed by atoms with van der Waals surface area (Å²) >= 11 is 1.36. The van der Waals surface area contributed by atoms with Gasteiger partial charge in [-0.05, 0) is 29.7 Å². The summed E-state index contributed by atoms with van der Waals surface area (Å²) in [6.45, 7) is 0.927. The number of hydrogen-bond donors (Lipinski definition) is 1. The van der Waals surface area contributed by atoms with Gasteiger partial charge in [0.25, 0.3) is 5.91 Å². The third kappa shape index (κ3) is 3.32. The molecule has 0 spiro atoms. The highest BCUT2D eigenvalue weighted by atomic mass is 32.1. The summed E-state index contributed by atoms with van der Waals surface area (Å²) in [6, 6.07) is 6.04. The lowest BCUT2D eigenvalue weighted by Crippen LogP contribution is -2.37. The molecule has 4 rings (SSSR count). The van der Waals surface area contributed by atoms with Gasteiger partial charge >= 0.3 is 0 Å². The number of fused-ring (bicyclic) bond motifs is 3. The fraction of sp³-hybridized carbons (Fsp3) is 0.316. The lowest BCUT2D eigenvalue weighted by Gasteiger charge is -2.27. The molecule has 3 heterocycles. The normalized spacial score (nSPS) is 16.5. The van der Waals surface area contributed by atoms with Gasteiger partial charge in [0.1, 0.15) is 10.8 Å². The molecule has 0 radical (unpaired) electrons. The first-order valence-electron chi connectivity index (χ1n) is 8.64.